The van der Waals surface area contributed by atoms with E-state index in [0.717, 1.165) is 5.56 Å². The van der Waals surface area contributed by atoms with Crippen LogP contribution < -0.4 is 0 Å². The summed E-state index contributed by atoms with van der Waals surface area (Å²) in [6.45, 7) is 6.39. The van der Waals surface area contributed by atoms with E-state index in [4.69, 9.17) is 4.74 Å². The maximum Gasteiger partial charge on any atom is 0.283 e. The van der Waals surface area contributed by atoms with E-state index in [1.54, 1.807) is 24.3 Å². The first-order valence-electron chi connectivity index (χ1n) is 6.14. The van der Waals surface area contributed by atoms with E-state index >= 15 is 0 Å². The van der Waals surface area contributed by atoms with Crippen LogP contribution in [0.5, 0.6) is 0 Å². The van der Waals surface area contributed by atoms with Gasteiger partial charge >= 0.3 is 0 Å². The Hall–Kier alpha value is -0.850. The van der Waals surface area contributed by atoms with E-state index in [9.17, 15) is 8.42 Å². The number of sulfonamides is 1. The number of thioether (sulfide) groups is 1. The average molecular weight is 299 g/mol. The molecule has 2 unspecified atom stereocenters. The quantitative estimate of drug-likeness (QED) is 0.858. The molecule has 0 amide bonds. The van der Waals surface area contributed by atoms with Crippen LogP contribution in [0.4, 0.5) is 0 Å². The van der Waals surface area contributed by atoms with Crippen LogP contribution in [0.2, 0.25) is 0 Å². The lowest BCUT2D eigenvalue weighted by Crippen LogP contribution is -2.36. The van der Waals surface area contributed by atoms with Crippen molar-refractivity contribution in [1.29, 1.82) is 0 Å². The van der Waals surface area contributed by atoms with Gasteiger partial charge in [0, 0.05) is 12.5 Å². The van der Waals surface area contributed by atoms with Crippen LogP contribution in [0.15, 0.2) is 33.6 Å². The Balaban J connectivity index is 2.17. The van der Waals surface area contributed by atoms with Crippen LogP contribution in [-0.2, 0) is 14.8 Å². The van der Waals surface area contributed by atoms with Crippen LogP contribution in [-0.4, -0.2) is 25.5 Å². The highest BCUT2D eigenvalue weighted by atomic mass is 32.2. The largest absolute Gasteiger partial charge is 0.367 e. The Morgan fingerprint density at radius 2 is 1.95 bits per heavy atom. The molecule has 1 aromatic rings. The predicted molar refractivity (Wildman–Crippen MR) is 78.0 cm³/mol. The fraction of sp³-hybridized carbons (Fsp3) is 0.462. The van der Waals surface area contributed by atoms with Crippen molar-refractivity contribution in [1.82, 2.24) is 0 Å². The summed E-state index contributed by atoms with van der Waals surface area (Å²) in [5.74, 6) is 0.0465. The van der Waals surface area contributed by atoms with Crippen LogP contribution in [0.1, 0.15) is 19.4 Å². The van der Waals surface area contributed by atoms with Gasteiger partial charge in [0.25, 0.3) is 10.0 Å². The maximum atomic E-state index is 12.1. The van der Waals surface area contributed by atoms with E-state index < -0.39 is 10.0 Å². The lowest BCUT2D eigenvalue weighted by Gasteiger charge is -2.33. The van der Waals surface area contributed by atoms with Crippen molar-refractivity contribution in [2.45, 2.75) is 31.1 Å². The number of hydrogen-bond acceptors (Lipinski definition) is 4. The van der Waals surface area contributed by atoms with E-state index in [1.807, 2.05) is 20.8 Å². The van der Waals surface area contributed by atoms with Gasteiger partial charge in [0.15, 0.2) is 0 Å². The number of rotatable bonds is 4. The maximum absolute atomic E-state index is 12.1. The van der Waals surface area contributed by atoms with Crippen LogP contribution >= 0.6 is 11.8 Å². The molecular formula is C13H17NO3S2. The molecule has 104 valence electrons. The fourth-order valence-electron chi connectivity index (χ4n) is 1.70. The summed E-state index contributed by atoms with van der Waals surface area (Å²) in [6.07, 6.45) is 0. The van der Waals surface area contributed by atoms with Gasteiger partial charge in [0.1, 0.15) is 5.44 Å². The molecule has 1 fully saturated rings. The summed E-state index contributed by atoms with van der Waals surface area (Å²) in [4.78, 5) is 0.234. The molecule has 0 bridgehead atoms. The molecule has 0 radical (unpaired) electrons. The Bertz CT molecular complexity index is 578. The minimum atomic E-state index is -3.60. The van der Waals surface area contributed by atoms with Crippen LogP contribution in [0.25, 0.3) is 0 Å². The van der Waals surface area contributed by atoms with Crippen molar-refractivity contribution in [3.63, 3.8) is 0 Å². The van der Waals surface area contributed by atoms with Gasteiger partial charge in [-0.05, 0) is 26.0 Å². The standard InChI is InChI=1S/C13H17NO3S2/c1-4-17-13-10(3)12(18-13)14-19(15,16)11-7-5-9(2)6-8-11/h5-8,10,13H,4H2,1-3H3. The second-order valence-electron chi connectivity index (χ2n) is 4.45. The van der Waals surface area contributed by atoms with Gasteiger partial charge < -0.3 is 4.74 Å². The summed E-state index contributed by atoms with van der Waals surface area (Å²) in [5, 5.41) is 0.624. The Labute approximate surface area is 118 Å². The molecule has 6 heteroatoms. The summed E-state index contributed by atoms with van der Waals surface area (Å²) in [5.41, 5.74) is 1.05. The molecule has 1 saturated heterocycles. The van der Waals surface area contributed by atoms with Crippen molar-refractivity contribution in [2.75, 3.05) is 6.61 Å². The molecule has 1 aliphatic heterocycles. The van der Waals surface area contributed by atoms with Gasteiger partial charge in [-0.3, -0.25) is 0 Å². The lowest BCUT2D eigenvalue weighted by molar-refractivity contribution is 0.102. The zero-order valence-electron chi connectivity index (χ0n) is 11.2. The summed E-state index contributed by atoms with van der Waals surface area (Å²) in [6, 6.07) is 6.71. The molecule has 2 atom stereocenters. The smallest absolute Gasteiger partial charge is 0.283 e. The molecule has 1 aromatic carbocycles. The molecule has 0 spiro atoms. The molecule has 0 N–H and O–H groups in total. The topological polar surface area (TPSA) is 55.7 Å². The van der Waals surface area contributed by atoms with Gasteiger partial charge in [-0.25, -0.2) is 0 Å². The van der Waals surface area contributed by atoms with Crippen LogP contribution in [0, 0.1) is 12.8 Å². The zero-order chi connectivity index (χ0) is 14.0. The van der Waals surface area contributed by atoms with Crippen molar-refractivity contribution in [2.24, 2.45) is 10.3 Å². The minimum Gasteiger partial charge on any atom is -0.367 e. The first kappa shape index (κ1) is 14.6. The lowest BCUT2D eigenvalue weighted by atomic mass is 10.2. The van der Waals surface area contributed by atoms with Gasteiger partial charge in [-0.1, -0.05) is 36.4 Å². The molecule has 0 saturated carbocycles. The number of benzene rings is 1. The van der Waals surface area contributed by atoms with Crippen molar-refractivity contribution < 1.29 is 13.2 Å². The highest BCUT2D eigenvalue weighted by molar-refractivity contribution is 8.17. The Morgan fingerprint density at radius 3 is 2.47 bits per heavy atom. The molecule has 1 aliphatic rings. The molecule has 19 heavy (non-hydrogen) atoms. The fourth-order valence-corrected chi connectivity index (χ4v) is 4.04. The average Bonchev–Trinajstić information content (AvgIpc) is 2.37. The third-order valence-corrected chi connectivity index (χ3v) is 5.80. The molecule has 0 aromatic heterocycles. The molecule has 0 aliphatic carbocycles. The normalized spacial score (nSPS) is 25.3. The predicted octanol–water partition coefficient (Wildman–Crippen LogP) is 2.83. The monoisotopic (exact) mass is 299 g/mol. The van der Waals surface area contributed by atoms with E-state index in [0.29, 0.717) is 11.7 Å². The Morgan fingerprint density at radius 1 is 1.32 bits per heavy atom. The molecule has 1 heterocycles. The van der Waals surface area contributed by atoms with Gasteiger partial charge in [-0.2, -0.15) is 12.8 Å². The molecule has 2 rings (SSSR count). The first-order chi connectivity index (χ1) is 8.94. The second kappa shape index (κ2) is 5.64. The third-order valence-electron chi connectivity index (χ3n) is 2.89. The highest BCUT2D eigenvalue weighted by Gasteiger charge is 2.37. The number of nitrogens with zero attached hydrogens (tertiary/aromatic N) is 1. The molecule has 4 nitrogen and oxygen atoms in total. The third kappa shape index (κ3) is 3.19. The van der Waals surface area contributed by atoms with E-state index in [-0.39, 0.29) is 16.2 Å². The van der Waals surface area contributed by atoms with Gasteiger partial charge in [-0.15, -0.1) is 0 Å². The minimum absolute atomic E-state index is 0.0250. The summed E-state index contributed by atoms with van der Waals surface area (Å²) >= 11 is 1.38. The van der Waals surface area contributed by atoms with Crippen molar-refractivity contribution >= 4 is 26.8 Å². The number of hydrogen-bond donors (Lipinski definition) is 0. The van der Waals surface area contributed by atoms with Crippen LogP contribution in [0.3, 0.4) is 0 Å². The second-order valence-corrected chi connectivity index (χ2v) is 7.17. The summed E-state index contributed by atoms with van der Waals surface area (Å²) in [7, 11) is -3.60. The number of ether oxygens (including phenoxy) is 1. The SMILES string of the molecule is CCOC1SC(=NS(=O)(=O)c2ccc(C)cc2)C1C. The summed E-state index contributed by atoms with van der Waals surface area (Å²) < 4.78 is 33.6. The Kier molecular flexibility index (Phi) is 4.32. The first-order valence-corrected chi connectivity index (χ1v) is 8.46. The van der Waals surface area contributed by atoms with E-state index in [2.05, 4.69) is 4.40 Å². The number of aryl methyl sites for hydroxylation is 1. The van der Waals surface area contributed by atoms with Gasteiger partial charge in [0.05, 0.1) is 9.94 Å². The van der Waals surface area contributed by atoms with E-state index in [1.165, 1.54) is 11.8 Å². The van der Waals surface area contributed by atoms with Crippen molar-refractivity contribution in [3.8, 4) is 0 Å². The zero-order valence-corrected chi connectivity index (χ0v) is 12.8. The van der Waals surface area contributed by atoms with Gasteiger partial charge in [0.2, 0.25) is 0 Å². The van der Waals surface area contributed by atoms with Crippen molar-refractivity contribution in [3.05, 3.63) is 29.8 Å². The molecular weight excluding hydrogens is 282 g/mol. The highest BCUT2D eigenvalue weighted by Crippen LogP contribution is 2.39.